The van der Waals surface area contributed by atoms with Gasteiger partial charge in [-0.2, -0.15) is 4.31 Å². The van der Waals surface area contributed by atoms with Gasteiger partial charge in [0.15, 0.2) is 0 Å². The third-order valence-corrected chi connectivity index (χ3v) is 6.50. The summed E-state index contributed by atoms with van der Waals surface area (Å²) in [6.07, 6.45) is 6.98. The molecule has 22 heavy (non-hydrogen) atoms. The minimum absolute atomic E-state index is 0.208. The molecule has 1 saturated carbocycles. The second-order valence-corrected chi connectivity index (χ2v) is 8.15. The normalized spacial score (nSPS) is 22.0. The lowest BCUT2D eigenvalue weighted by Gasteiger charge is -2.37. The highest BCUT2D eigenvalue weighted by Gasteiger charge is 2.35. The molecular weight excluding hydrogens is 302 g/mol. The SMILES string of the molecule is O=S(=O)(c1cccnc1NCC1(O)CCC1)N1CCCCC1. The van der Waals surface area contributed by atoms with Gasteiger partial charge in [0.1, 0.15) is 10.7 Å². The van der Waals surface area contributed by atoms with Gasteiger partial charge in [-0.25, -0.2) is 13.4 Å². The molecule has 7 heteroatoms. The van der Waals surface area contributed by atoms with Crippen molar-refractivity contribution in [3.8, 4) is 0 Å². The van der Waals surface area contributed by atoms with Crippen molar-refractivity contribution in [2.75, 3.05) is 25.0 Å². The van der Waals surface area contributed by atoms with E-state index < -0.39 is 15.6 Å². The van der Waals surface area contributed by atoms with E-state index in [9.17, 15) is 13.5 Å². The Morgan fingerprint density at radius 2 is 1.95 bits per heavy atom. The van der Waals surface area contributed by atoms with Crippen molar-refractivity contribution in [1.82, 2.24) is 9.29 Å². The molecule has 2 heterocycles. The molecule has 122 valence electrons. The summed E-state index contributed by atoms with van der Waals surface area (Å²) < 4.78 is 27.1. The number of hydrogen-bond donors (Lipinski definition) is 2. The van der Waals surface area contributed by atoms with E-state index >= 15 is 0 Å². The summed E-state index contributed by atoms with van der Waals surface area (Å²) in [5.41, 5.74) is -0.719. The van der Waals surface area contributed by atoms with Gasteiger partial charge in [0.05, 0.1) is 5.60 Å². The predicted molar refractivity (Wildman–Crippen MR) is 84.1 cm³/mol. The van der Waals surface area contributed by atoms with E-state index in [0.29, 0.717) is 25.5 Å². The van der Waals surface area contributed by atoms with E-state index in [-0.39, 0.29) is 4.90 Å². The first-order valence-corrected chi connectivity index (χ1v) is 9.37. The Morgan fingerprint density at radius 3 is 2.59 bits per heavy atom. The molecule has 3 rings (SSSR count). The molecule has 2 aliphatic rings. The van der Waals surface area contributed by atoms with Gasteiger partial charge < -0.3 is 10.4 Å². The molecule has 2 N–H and O–H groups in total. The molecule has 2 fully saturated rings. The Bertz CT molecular complexity index is 623. The molecule has 1 aromatic heterocycles. The summed E-state index contributed by atoms with van der Waals surface area (Å²) in [5, 5.41) is 13.2. The molecule has 0 unspecified atom stereocenters. The van der Waals surface area contributed by atoms with Crippen LogP contribution in [0.3, 0.4) is 0 Å². The van der Waals surface area contributed by atoms with Crippen LogP contribution >= 0.6 is 0 Å². The van der Waals surface area contributed by atoms with E-state index in [0.717, 1.165) is 38.5 Å². The van der Waals surface area contributed by atoms with E-state index in [1.807, 2.05) is 0 Å². The topological polar surface area (TPSA) is 82.5 Å². The van der Waals surface area contributed by atoms with Gasteiger partial charge in [-0.15, -0.1) is 0 Å². The maximum Gasteiger partial charge on any atom is 0.246 e. The van der Waals surface area contributed by atoms with Crippen LogP contribution in [0.1, 0.15) is 38.5 Å². The van der Waals surface area contributed by atoms with Gasteiger partial charge in [0.25, 0.3) is 0 Å². The molecule has 1 aliphatic carbocycles. The zero-order valence-electron chi connectivity index (χ0n) is 12.7. The van der Waals surface area contributed by atoms with Crippen molar-refractivity contribution in [2.45, 2.75) is 49.0 Å². The van der Waals surface area contributed by atoms with Gasteiger partial charge in [0.2, 0.25) is 10.0 Å². The summed E-state index contributed by atoms with van der Waals surface area (Å²) in [6.45, 7) is 1.48. The van der Waals surface area contributed by atoms with Crippen LogP contribution in [0.4, 0.5) is 5.82 Å². The summed E-state index contributed by atoms with van der Waals surface area (Å²) >= 11 is 0. The third-order valence-electron chi connectivity index (χ3n) is 4.57. The van der Waals surface area contributed by atoms with Gasteiger partial charge in [-0.05, 0) is 44.2 Å². The average Bonchev–Trinajstić information content (AvgIpc) is 2.52. The lowest BCUT2D eigenvalue weighted by Crippen LogP contribution is -2.43. The predicted octanol–water partition coefficient (Wildman–Crippen LogP) is 1.58. The van der Waals surface area contributed by atoms with Crippen LogP contribution in [0.15, 0.2) is 23.2 Å². The van der Waals surface area contributed by atoms with Gasteiger partial charge in [-0.3, -0.25) is 0 Å². The zero-order valence-corrected chi connectivity index (χ0v) is 13.5. The number of nitrogens with one attached hydrogen (secondary N) is 1. The van der Waals surface area contributed by atoms with Crippen molar-refractivity contribution in [3.05, 3.63) is 18.3 Å². The van der Waals surface area contributed by atoms with Crippen molar-refractivity contribution in [3.63, 3.8) is 0 Å². The molecule has 6 nitrogen and oxygen atoms in total. The quantitative estimate of drug-likeness (QED) is 0.859. The number of pyridine rings is 1. The van der Waals surface area contributed by atoms with Crippen molar-refractivity contribution in [2.24, 2.45) is 0 Å². The molecule has 0 amide bonds. The summed E-state index contributed by atoms with van der Waals surface area (Å²) in [5.74, 6) is 0.341. The number of hydrogen-bond acceptors (Lipinski definition) is 5. The lowest BCUT2D eigenvalue weighted by molar-refractivity contribution is -0.0203. The Kier molecular flexibility index (Phi) is 4.38. The van der Waals surface area contributed by atoms with Crippen molar-refractivity contribution < 1.29 is 13.5 Å². The molecule has 0 spiro atoms. The third kappa shape index (κ3) is 3.11. The number of aliphatic hydroxyl groups is 1. The molecule has 1 aromatic rings. The maximum atomic E-state index is 12.8. The van der Waals surface area contributed by atoms with Crippen LogP contribution in [-0.2, 0) is 10.0 Å². The van der Waals surface area contributed by atoms with Crippen LogP contribution in [0.5, 0.6) is 0 Å². The standard InChI is InChI=1S/C15H23N3O3S/c19-15(7-5-8-15)12-17-14-13(6-4-9-16-14)22(20,21)18-10-2-1-3-11-18/h4,6,9,19H,1-3,5,7-8,10-12H2,(H,16,17). The monoisotopic (exact) mass is 325 g/mol. The molecule has 0 radical (unpaired) electrons. The van der Waals surface area contributed by atoms with E-state index in [1.54, 1.807) is 18.3 Å². The average molecular weight is 325 g/mol. The summed E-state index contributed by atoms with van der Waals surface area (Å²) in [4.78, 5) is 4.38. The Labute approximate surface area is 131 Å². The highest BCUT2D eigenvalue weighted by Crippen LogP contribution is 2.32. The molecule has 0 aromatic carbocycles. The first-order chi connectivity index (χ1) is 10.5. The summed E-state index contributed by atoms with van der Waals surface area (Å²) in [7, 11) is -3.52. The van der Waals surface area contributed by atoms with Gasteiger partial charge in [0, 0.05) is 25.8 Å². The smallest absolute Gasteiger partial charge is 0.246 e. The van der Waals surface area contributed by atoms with E-state index in [4.69, 9.17) is 0 Å². The maximum absolute atomic E-state index is 12.8. The minimum Gasteiger partial charge on any atom is -0.388 e. The van der Waals surface area contributed by atoms with Crippen molar-refractivity contribution >= 4 is 15.8 Å². The Balaban J connectivity index is 1.80. The number of sulfonamides is 1. The first kappa shape index (κ1) is 15.7. The van der Waals surface area contributed by atoms with Gasteiger partial charge in [-0.1, -0.05) is 6.42 Å². The number of rotatable bonds is 5. The van der Waals surface area contributed by atoms with Gasteiger partial charge >= 0.3 is 0 Å². The second-order valence-electron chi connectivity index (χ2n) is 6.25. The van der Waals surface area contributed by atoms with Crippen LogP contribution in [0, 0.1) is 0 Å². The van der Waals surface area contributed by atoms with E-state index in [2.05, 4.69) is 10.3 Å². The Morgan fingerprint density at radius 1 is 1.23 bits per heavy atom. The fourth-order valence-corrected chi connectivity index (χ4v) is 4.62. The Hall–Kier alpha value is -1.18. The van der Waals surface area contributed by atoms with Crippen LogP contribution in [0.2, 0.25) is 0 Å². The highest BCUT2D eigenvalue weighted by molar-refractivity contribution is 7.89. The largest absolute Gasteiger partial charge is 0.388 e. The number of aromatic nitrogens is 1. The fraction of sp³-hybridized carbons (Fsp3) is 0.667. The van der Waals surface area contributed by atoms with E-state index in [1.165, 1.54) is 4.31 Å². The summed E-state index contributed by atoms with van der Waals surface area (Å²) in [6, 6.07) is 3.23. The second kappa shape index (κ2) is 6.14. The lowest BCUT2D eigenvalue weighted by atomic mass is 9.80. The molecular formula is C15H23N3O3S. The molecule has 1 aliphatic heterocycles. The first-order valence-electron chi connectivity index (χ1n) is 7.93. The number of piperidine rings is 1. The number of anilines is 1. The molecule has 0 atom stereocenters. The van der Waals surface area contributed by atoms with Crippen molar-refractivity contribution in [1.29, 1.82) is 0 Å². The molecule has 1 saturated heterocycles. The number of nitrogens with zero attached hydrogens (tertiary/aromatic N) is 2. The highest BCUT2D eigenvalue weighted by atomic mass is 32.2. The fourth-order valence-electron chi connectivity index (χ4n) is 2.99. The molecule has 0 bridgehead atoms. The van der Waals surface area contributed by atoms with Crippen LogP contribution in [-0.4, -0.2) is 48.0 Å². The van der Waals surface area contributed by atoms with Crippen LogP contribution < -0.4 is 5.32 Å². The van der Waals surface area contributed by atoms with Crippen LogP contribution in [0.25, 0.3) is 0 Å². The zero-order chi connectivity index (χ0) is 15.6. The minimum atomic E-state index is -3.52.